The van der Waals surface area contributed by atoms with E-state index in [2.05, 4.69) is 20.1 Å². The van der Waals surface area contributed by atoms with Gasteiger partial charge in [0.15, 0.2) is 23.1 Å². The van der Waals surface area contributed by atoms with Crippen molar-refractivity contribution in [3.8, 4) is 34.0 Å². The number of ether oxygens (including phenoxy) is 2. The number of aromatic nitrogens is 5. The molecule has 0 unspecified atom stereocenters. The molecule has 0 aliphatic carbocycles. The van der Waals surface area contributed by atoms with Crippen LogP contribution in [-0.2, 0) is 16.9 Å². The van der Waals surface area contributed by atoms with Crippen LogP contribution in [0.3, 0.4) is 0 Å². The van der Waals surface area contributed by atoms with Gasteiger partial charge in [0, 0.05) is 42.7 Å². The van der Waals surface area contributed by atoms with Gasteiger partial charge in [-0.3, -0.25) is 4.68 Å². The number of halogens is 2. The van der Waals surface area contributed by atoms with Gasteiger partial charge in [-0.25, -0.2) is 32.2 Å². The molecule has 0 saturated carbocycles. The minimum absolute atomic E-state index is 0.0840. The molecule has 32 heavy (non-hydrogen) atoms. The quantitative estimate of drug-likeness (QED) is 0.418. The third kappa shape index (κ3) is 3.62. The molecular weight excluding hydrogens is 444 g/mol. The number of sulfone groups is 1. The van der Waals surface area contributed by atoms with Crippen molar-refractivity contribution in [1.82, 2.24) is 24.7 Å². The normalized spacial score (nSPS) is 11.7. The van der Waals surface area contributed by atoms with Gasteiger partial charge >= 0.3 is 0 Å². The van der Waals surface area contributed by atoms with Gasteiger partial charge in [-0.2, -0.15) is 5.10 Å². The molecule has 0 atom stereocenters. The third-order valence-electron chi connectivity index (χ3n) is 4.68. The first-order chi connectivity index (χ1) is 15.1. The molecule has 0 bridgehead atoms. The van der Waals surface area contributed by atoms with Gasteiger partial charge in [0.2, 0.25) is 15.0 Å². The van der Waals surface area contributed by atoms with Crippen LogP contribution in [0.15, 0.2) is 35.9 Å². The Kier molecular flexibility index (Phi) is 5.25. The fourth-order valence-electron chi connectivity index (χ4n) is 3.19. The molecule has 0 amide bonds. The molecule has 0 aliphatic heterocycles. The predicted octanol–water partition coefficient (Wildman–Crippen LogP) is 2.79. The second-order valence-electron chi connectivity index (χ2n) is 6.91. The minimum Gasteiger partial charge on any atom is -0.494 e. The summed E-state index contributed by atoms with van der Waals surface area (Å²) in [5, 5.41) is 4.01. The highest BCUT2D eigenvalue weighted by Gasteiger charge is 2.25. The van der Waals surface area contributed by atoms with Gasteiger partial charge in [-0.1, -0.05) is 0 Å². The summed E-state index contributed by atoms with van der Waals surface area (Å²) < 4.78 is 65.7. The summed E-state index contributed by atoms with van der Waals surface area (Å²) in [6, 6.07) is 2.46. The fraction of sp³-hybridized carbons (Fsp3) is 0.200. The molecule has 4 rings (SSSR count). The molecule has 12 heteroatoms. The topological polar surface area (TPSA) is 109 Å². The maximum absolute atomic E-state index is 15.1. The Labute approximate surface area is 181 Å². The number of methoxy groups -OCH3 is 2. The summed E-state index contributed by atoms with van der Waals surface area (Å²) in [4.78, 5) is 12.4. The van der Waals surface area contributed by atoms with Crippen molar-refractivity contribution in [3.05, 3.63) is 42.4 Å². The molecule has 3 aromatic heterocycles. The van der Waals surface area contributed by atoms with E-state index >= 15 is 8.78 Å². The molecule has 166 valence electrons. The van der Waals surface area contributed by atoms with E-state index in [0.29, 0.717) is 10.9 Å². The SMILES string of the molecule is COc1cc(OC)c(F)c(-c2cc3cnc(S(C)(=O)=O)nc3c(-c3cnn(C)c3)n2)c1F. The molecule has 9 nitrogen and oxygen atoms in total. The molecule has 4 aromatic rings. The van der Waals surface area contributed by atoms with Gasteiger partial charge in [-0.15, -0.1) is 0 Å². The first kappa shape index (κ1) is 21.6. The van der Waals surface area contributed by atoms with Crippen molar-refractivity contribution in [2.75, 3.05) is 20.5 Å². The average molecular weight is 461 g/mol. The highest BCUT2D eigenvalue weighted by Crippen LogP contribution is 2.39. The average Bonchev–Trinajstić information content (AvgIpc) is 3.18. The zero-order valence-corrected chi connectivity index (χ0v) is 18.2. The van der Waals surface area contributed by atoms with Gasteiger partial charge in [0.05, 0.1) is 31.7 Å². The Balaban J connectivity index is 2.10. The monoisotopic (exact) mass is 461 g/mol. The van der Waals surface area contributed by atoms with Crippen molar-refractivity contribution in [2.45, 2.75) is 5.16 Å². The number of benzene rings is 1. The Hall–Kier alpha value is -3.67. The Morgan fingerprint density at radius 3 is 2.19 bits per heavy atom. The van der Waals surface area contributed by atoms with Crippen LogP contribution in [0.1, 0.15) is 0 Å². The van der Waals surface area contributed by atoms with Crippen LogP contribution in [0.4, 0.5) is 8.78 Å². The number of rotatable bonds is 5. The predicted molar refractivity (Wildman–Crippen MR) is 111 cm³/mol. The lowest BCUT2D eigenvalue weighted by atomic mass is 10.0. The summed E-state index contributed by atoms with van der Waals surface area (Å²) in [5.41, 5.74) is 0.277. The van der Waals surface area contributed by atoms with E-state index < -0.39 is 32.2 Å². The first-order valence-corrected chi connectivity index (χ1v) is 11.0. The van der Waals surface area contributed by atoms with Crippen molar-refractivity contribution < 1.29 is 26.7 Å². The Morgan fingerprint density at radius 2 is 1.66 bits per heavy atom. The van der Waals surface area contributed by atoms with E-state index in [1.54, 1.807) is 13.2 Å². The summed E-state index contributed by atoms with van der Waals surface area (Å²) in [6.45, 7) is 0. The van der Waals surface area contributed by atoms with Crippen LogP contribution in [-0.4, -0.2) is 53.6 Å². The summed E-state index contributed by atoms with van der Waals surface area (Å²) >= 11 is 0. The molecule has 0 N–H and O–H groups in total. The molecular formula is C20H17F2N5O4S. The number of pyridine rings is 1. The molecule has 1 aromatic carbocycles. The lowest BCUT2D eigenvalue weighted by molar-refractivity contribution is 0.359. The standard InChI is InChI=1S/C20H17F2N5O4S/c1-27-9-11(8-24-27)19-18-10(7-23-20(26-18)32(4,28)29)5-12(25-19)15-16(21)13(30-2)6-14(31-3)17(15)22/h5-9H,1-4H3. The van der Waals surface area contributed by atoms with Crippen molar-refractivity contribution in [2.24, 2.45) is 7.05 Å². The highest BCUT2D eigenvalue weighted by molar-refractivity contribution is 7.90. The van der Waals surface area contributed by atoms with Gasteiger partial charge in [0.25, 0.3) is 0 Å². The van der Waals surface area contributed by atoms with E-state index in [1.807, 2.05) is 0 Å². The number of hydrogen-bond donors (Lipinski definition) is 0. The lowest BCUT2D eigenvalue weighted by Crippen LogP contribution is -2.06. The Morgan fingerprint density at radius 1 is 1.00 bits per heavy atom. The second kappa shape index (κ2) is 7.79. The third-order valence-corrected chi connectivity index (χ3v) is 5.54. The maximum Gasteiger partial charge on any atom is 0.247 e. The fourth-order valence-corrected chi connectivity index (χ4v) is 3.69. The van der Waals surface area contributed by atoms with Crippen molar-refractivity contribution >= 4 is 20.7 Å². The summed E-state index contributed by atoms with van der Waals surface area (Å²) in [6.07, 6.45) is 5.34. The molecule has 0 spiro atoms. The van der Waals surface area contributed by atoms with E-state index in [4.69, 9.17) is 9.47 Å². The molecule has 0 fully saturated rings. The molecule has 0 saturated heterocycles. The van der Waals surface area contributed by atoms with Gasteiger partial charge in [-0.05, 0) is 6.07 Å². The number of aryl methyl sites for hydroxylation is 1. The molecule has 3 heterocycles. The number of nitrogens with zero attached hydrogens (tertiary/aromatic N) is 5. The number of fused-ring (bicyclic) bond motifs is 1. The van der Waals surface area contributed by atoms with Gasteiger partial charge in [0.1, 0.15) is 11.2 Å². The zero-order valence-electron chi connectivity index (χ0n) is 17.4. The smallest absolute Gasteiger partial charge is 0.247 e. The van der Waals surface area contributed by atoms with Crippen LogP contribution >= 0.6 is 0 Å². The van der Waals surface area contributed by atoms with E-state index in [9.17, 15) is 8.42 Å². The lowest BCUT2D eigenvalue weighted by Gasteiger charge is -2.14. The summed E-state index contributed by atoms with van der Waals surface area (Å²) in [5.74, 6) is -2.40. The maximum atomic E-state index is 15.1. The van der Waals surface area contributed by atoms with Gasteiger partial charge < -0.3 is 9.47 Å². The van der Waals surface area contributed by atoms with Crippen LogP contribution in [0, 0.1) is 11.6 Å². The van der Waals surface area contributed by atoms with Crippen LogP contribution in [0.5, 0.6) is 11.5 Å². The second-order valence-corrected chi connectivity index (χ2v) is 8.81. The van der Waals surface area contributed by atoms with E-state index in [1.165, 1.54) is 37.4 Å². The van der Waals surface area contributed by atoms with Crippen LogP contribution < -0.4 is 9.47 Å². The largest absolute Gasteiger partial charge is 0.494 e. The van der Waals surface area contributed by atoms with Crippen LogP contribution in [0.2, 0.25) is 0 Å². The van der Waals surface area contributed by atoms with Crippen LogP contribution in [0.25, 0.3) is 33.4 Å². The van der Waals surface area contributed by atoms with E-state index in [-0.39, 0.29) is 28.4 Å². The minimum atomic E-state index is -3.71. The van der Waals surface area contributed by atoms with Crippen molar-refractivity contribution in [3.63, 3.8) is 0 Å². The number of hydrogen-bond acceptors (Lipinski definition) is 8. The van der Waals surface area contributed by atoms with E-state index in [0.717, 1.165) is 12.3 Å². The molecule has 0 aliphatic rings. The summed E-state index contributed by atoms with van der Waals surface area (Å²) in [7, 11) is 0.464. The first-order valence-electron chi connectivity index (χ1n) is 9.11. The highest BCUT2D eigenvalue weighted by atomic mass is 32.2. The Bertz CT molecular complexity index is 1440. The molecule has 0 radical (unpaired) electrons. The van der Waals surface area contributed by atoms with Crippen molar-refractivity contribution in [1.29, 1.82) is 0 Å². The zero-order chi connectivity index (χ0) is 23.2.